The van der Waals surface area contributed by atoms with E-state index in [0.717, 1.165) is 15.6 Å². The molecule has 2 N–H and O–H groups in total. The zero-order valence-corrected chi connectivity index (χ0v) is 12.0. The average molecular weight is 275 g/mol. The first-order valence-corrected chi connectivity index (χ1v) is 6.90. The van der Waals surface area contributed by atoms with Crippen molar-refractivity contribution in [2.24, 2.45) is 11.7 Å². The summed E-state index contributed by atoms with van der Waals surface area (Å²) in [5.41, 5.74) is 5.92. The number of likely N-dealkylation sites (N-methyl/N-ethyl adjacent to an activating group) is 1. The Kier molecular flexibility index (Phi) is 5.43. The van der Waals surface area contributed by atoms with Crippen LogP contribution in [0, 0.1) is 5.92 Å². The van der Waals surface area contributed by atoms with E-state index in [1.54, 1.807) is 11.9 Å². The van der Waals surface area contributed by atoms with E-state index in [1.807, 2.05) is 26.0 Å². The minimum absolute atomic E-state index is 0.0103. The van der Waals surface area contributed by atoms with Crippen LogP contribution in [0.15, 0.2) is 12.1 Å². The van der Waals surface area contributed by atoms with Crippen LogP contribution in [0.3, 0.4) is 0 Å². The average Bonchev–Trinajstić information content (AvgIpc) is 2.71. The largest absolute Gasteiger partial charge is 0.339 e. The van der Waals surface area contributed by atoms with Gasteiger partial charge in [-0.25, -0.2) is 0 Å². The maximum atomic E-state index is 12.0. The molecule has 1 aromatic heterocycles. The molecule has 0 aliphatic heterocycles. The molecule has 0 saturated heterocycles. The van der Waals surface area contributed by atoms with Gasteiger partial charge in [0.05, 0.1) is 16.9 Å². The van der Waals surface area contributed by atoms with Crippen LogP contribution >= 0.6 is 22.9 Å². The first-order valence-electron chi connectivity index (χ1n) is 5.70. The molecule has 17 heavy (non-hydrogen) atoms. The topological polar surface area (TPSA) is 46.3 Å². The fourth-order valence-corrected chi connectivity index (χ4v) is 2.64. The van der Waals surface area contributed by atoms with Gasteiger partial charge in [0.25, 0.3) is 0 Å². The van der Waals surface area contributed by atoms with Crippen molar-refractivity contribution in [1.82, 2.24) is 4.90 Å². The summed E-state index contributed by atoms with van der Waals surface area (Å²) in [6, 6.07) is 3.36. The summed E-state index contributed by atoms with van der Waals surface area (Å²) in [4.78, 5) is 14.8. The standard InChI is InChI=1S/C12H19ClN2OS/c1-4-8(2)11(14)12(16)15(3)7-9-5-6-10(13)17-9/h5-6,8,11H,4,7,14H2,1-3H3/t8?,11-/m0/s1. The van der Waals surface area contributed by atoms with Gasteiger partial charge in [0.2, 0.25) is 5.91 Å². The van der Waals surface area contributed by atoms with Crippen LogP contribution in [-0.4, -0.2) is 23.9 Å². The predicted molar refractivity (Wildman–Crippen MR) is 73.2 cm³/mol. The van der Waals surface area contributed by atoms with Crippen molar-refractivity contribution < 1.29 is 4.79 Å². The first-order chi connectivity index (χ1) is 7.95. The highest BCUT2D eigenvalue weighted by atomic mass is 35.5. The van der Waals surface area contributed by atoms with Crippen molar-refractivity contribution in [2.45, 2.75) is 32.9 Å². The van der Waals surface area contributed by atoms with E-state index >= 15 is 0 Å². The Bertz CT molecular complexity index is 380. The number of amides is 1. The van der Waals surface area contributed by atoms with Crippen LogP contribution in [0.1, 0.15) is 25.1 Å². The van der Waals surface area contributed by atoms with Gasteiger partial charge < -0.3 is 10.6 Å². The maximum absolute atomic E-state index is 12.0. The second-order valence-electron chi connectivity index (χ2n) is 4.31. The Morgan fingerprint density at radius 3 is 2.71 bits per heavy atom. The number of hydrogen-bond acceptors (Lipinski definition) is 3. The number of halogens is 1. The molecular weight excluding hydrogens is 256 g/mol. The number of rotatable bonds is 5. The molecule has 0 aliphatic carbocycles. The highest BCUT2D eigenvalue weighted by Crippen LogP contribution is 2.22. The second kappa shape index (κ2) is 6.38. The minimum Gasteiger partial charge on any atom is -0.339 e. The lowest BCUT2D eigenvalue weighted by Crippen LogP contribution is -2.45. The van der Waals surface area contributed by atoms with E-state index in [1.165, 1.54) is 11.3 Å². The van der Waals surface area contributed by atoms with Crippen LogP contribution in [0.4, 0.5) is 0 Å². The molecular formula is C12H19ClN2OS. The highest BCUT2D eigenvalue weighted by Gasteiger charge is 2.22. The van der Waals surface area contributed by atoms with E-state index in [-0.39, 0.29) is 11.8 Å². The van der Waals surface area contributed by atoms with Crippen molar-refractivity contribution >= 4 is 28.8 Å². The smallest absolute Gasteiger partial charge is 0.239 e. The van der Waals surface area contributed by atoms with Crippen molar-refractivity contribution in [2.75, 3.05) is 7.05 Å². The SMILES string of the molecule is CCC(C)[C@H](N)C(=O)N(C)Cc1ccc(Cl)s1. The van der Waals surface area contributed by atoms with Gasteiger partial charge in [0.1, 0.15) is 0 Å². The molecule has 1 rings (SSSR count). The van der Waals surface area contributed by atoms with E-state index in [2.05, 4.69) is 0 Å². The molecule has 3 nitrogen and oxygen atoms in total. The number of carbonyl (C=O) groups excluding carboxylic acids is 1. The molecule has 96 valence electrons. The van der Waals surface area contributed by atoms with Gasteiger partial charge in [-0.3, -0.25) is 4.79 Å². The number of nitrogens with two attached hydrogens (primary N) is 1. The summed E-state index contributed by atoms with van der Waals surface area (Å²) in [5.74, 6) is 0.195. The van der Waals surface area contributed by atoms with Gasteiger partial charge in [0.15, 0.2) is 0 Å². The minimum atomic E-state index is -0.416. The summed E-state index contributed by atoms with van der Waals surface area (Å²) in [6.07, 6.45) is 0.908. The molecule has 0 aromatic carbocycles. The Hall–Kier alpha value is -0.580. The van der Waals surface area contributed by atoms with E-state index < -0.39 is 6.04 Å². The molecule has 0 bridgehead atoms. The molecule has 0 saturated carbocycles. The normalized spacial score (nSPS) is 14.4. The maximum Gasteiger partial charge on any atom is 0.239 e. The Morgan fingerprint density at radius 2 is 2.24 bits per heavy atom. The summed E-state index contributed by atoms with van der Waals surface area (Å²) in [7, 11) is 1.78. The Balaban J connectivity index is 2.58. The molecule has 0 radical (unpaired) electrons. The number of thiophene rings is 1. The van der Waals surface area contributed by atoms with E-state index in [4.69, 9.17) is 17.3 Å². The molecule has 0 aliphatic rings. The molecule has 1 heterocycles. The molecule has 5 heteroatoms. The van der Waals surface area contributed by atoms with Crippen molar-refractivity contribution in [1.29, 1.82) is 0 Å². The van der Waals surface area contributed by atoms with Gasteiger partial charge in [-0.1, -0.05) is 31.9 Å². The van der Waals surface area contributed by atoms with Gasteiger partial charge in [-0.15, -0.1) is 11.3 Å². The predicted octanol–water partition coefficient (Wildman–Crippen LogP) is 2.73. The van der Waals surface area contributed by atoms with E-state index in [9.17, 15) is 4.79 Å². The third-order valence-corrected chi connectivity index (χ3v) is 4.16. The third kappa shape index (κ3) is 3.98. The highest BCUT2D eigenvalue weighted by molar-refractivity contribution is 7.16. The van der Waals surface area contributed by atoms with Crippen LogP contribution in [0.25, 0.3) is 0 Å². The first kappa shape index (κ1) is 14.5. The molecule has 0 fully saturated rings. The fourth-order valence-electron chi connectivity index (χ4n) is 1.50. The van der Waals surface area contributed by atoms with Crippen LogP contribution < -0.4 is 5.73 Å². The zero-order valence-electron chi connectivity index (χ0n) is 10.4. The number of carbonyl (C=O) groups is 1. The van der Waals surface area contributed by atoms with Gasteiger partial charge in [-0.2, -0.15) is 0 Å². The lowest BCUT2D eigenvalue weighted by Gasteiger charge is -2.24. The summed E-state index contributed by atoms with van der Waals surface area (Å²) < 4.78 is 0.743. The number of hydrogen-bond donors (Lipinski definition) is 1. The number of nitrogens with zero attached hydrogens (tertiary/aromatic N) is 1. The van der Waals surface area contributed by atoms with Crippen LogP contribution in [0.5, 0.6) is 0 Å². The van der Waals surface area contributed by atoms with Crippen LogP contribution in [0.2, 0.25) is 4.34 Å². The summed E-state index contributed by atoms with van der Waals surface area (Å²) in [5, 5.41) is 0. The van der Waals surface area contributed by atoms with Gasteiger partial charge in [0, 0.05) is 11.9 Å². The third-order valence-electron chi connectivity index (χ3n) is 2.94. The lowest BCUT2D eigenvalue weighted by molar-refractivity contribution is -0.132. The zero-order chi connectivity index (χ0) is 13.0. The lowest BCUT2D eigenvalue weighted by atomic mass is 9.99. The molecule has 0 spiro atoms. The quantitative estimate of drug-likeness (QED) is 0.897. The van der Waals surface area contributed by atoms with Crippen molar-refractivity contribution in [3.8, 4) is 0 Å². The van der Waals surface area contributed by atoms with Gasteiger partial charge in [-0.05, 0) is 18.1 Å². The fraction of sp³-hybridized carbons (Fsp3) is 0.583. The molecule has 2 atom stereocenters. The molecule has 1 unspecified atom stereocenters. The Morgan fingerprint density at radius 1 is 1.59 bits per heavy atom. The summed E-state index contributed by atoms with van der Waals surface area (Å²) >= 11 is 7.34. The summed E-state index contributed by atoms with van der Waals surface area (Å²) in [6.45, 7) is 4.61. The second-order valence-corrected chi connectivity index (χ2v) is 6.11. The van der Waals surface area contributed by atoms with Crippen molar-refractivity contribution in [3.05, 3.63) is 21.3 Å². The van der Waals surface area contributed by atoms with Crippen molar-refractivity contribution in [3.63, 3.8) is 0 Å². The monoisotopic (exact) mass is 274 g/mol. The molecule has 1 amide bonds. The van der Waals surface area contributed by atoms with Gasteiger partial charge >= 0.3 is 0 Å². The van der Waals surface area contributed by atoms with E-state index in [0.29, 0.717) is 6.54 Å². The molecule has 1 aromatic rings. The Labute approximate surface area is 112 Å². The van der Waals surface area contributed by atoms with Crippen LogP contribution in [-0.2, 0) is 11.3 Å².